The Hall–Kier alpha value is -3.33. The minimum atomic E-state index is -0.235. The highest BCUT2D eigenvalue weighted by Gasteiger charge is 2.22. The van der Waals surface area contributed by atoms with Crippen molar-refractivity contribution in [2.45, 2.75) is 58.7 Å². The van der Waals surface area contributed by atoms with E-state index in [1.165, 1.54) is 6.42 Å². The molecule has 4 rings (SSSR count). The first-order chi connectivity index (χ1) is 16.3. The molecule has 0 radical (unpaired) electrons. The third-order valence-electron chi connectivity index (χ3n) is 6.33. The third-order valence-corrected chi connectivity index (χ3v) is 6.33. The third kappa shape index (κ3) is 5.25. The summed E-state index contributed by atoms with van der Waals surface area (Å²) in [4.78, 5) is 23.9. The largest absolute Gasteiger partial charge is 0.367 e. The topological polar surface area (TPSA) is 101 Å². The van der Waals surface area contributed by atoms with E-state index >= 15 is 0 Å². The predicted molar refractivity (Wildman–Crippen MR) is 133 cm³/mol. The van der Waals surface area contributed by atoms with E-state index in [1.54, 1.807) is 17.2 Å². The van der Waals surface area contributed by atoms with E-state index in [1.807, 2.05) is 34.0 Å². The average Bonchev–Trinajstić information content (AvgIpc) is 3.34. The summed E-state index contributed by atoms with van der Waals surface area (Å²) in [5.41, 5.74) is 5.27. The van der Waals surface area contributed by atoms with Gasteiger partial charge in [0.25, 0.3) is 5.91 Å². The highest BCUT2D eigenvalue weighted by Crippen LogP contribution is 2.31. The van der Waals surface area contributed by atoms with Crippen molar-refractivity contribution >= 4 is 11.6 Å². The first-order valence-electron chi connectivity index (χ1n) is 11.8. The number of hydrogen-bond acceptors (Lipinski definition) is 7. The molecule has 0 saturated carbocycles. The fraction of sp³-hybridized carbons (Fsp3) is 0.480. The van der Waals surface area contributed by atoms with Crippen molar-refractivity contribution in [1.82, 2.24) is 35.6 Å². The van der Waals surface area contributed by atoms with Crippen LogP contribution in [0.1, 0.15) is 55.2 Å². The van der Waals surface area contributed by atoms with Gasteiger partial charge in [-0.3, -0.25) is 4.79 Å². The lowest BCUT2D eigenvalue weighted by atomic mass is 10.0. The van der Waals surface area contributed by atoms with Gasteiger partial charge in [0.15, 0.2) is 5.69 Å². The number of aryl methyl sites for hydroxylation is 1. The number of hydrogen-bond donors (Lipinski definition) is 2. The van der Waals surface area contributed by atoms with Gasteiger partial charge < -0.3 is 15.5 Å². The molecule has 1 aromatic carbocycles. The Labute approximate surface area is 201 Å². The van der Waals surface area contributed by atoms with Gasteiger partial charge >= 0.3 is 0 Å². The molecular formula is C25H34N8O. The number of nitrogens with one attached hydrogen (secondary N) is 2. The summed E-state index contributed by atoms with van der Waals surface area (Å²) in [6.07, 6.45) is 7.52. The quantitative estimate of drug-likeness (QED) is 0.581. The summed E-state index contributed by atoms with van der Waals surface area (Å²) in [5.74, 6) is -0.235. The molecule has 1 atom stereocenters. The van der Waals surface area contributed by atoms with E-state index in [-0.39, 0.29) is 11.4 Å². The van der Waals surface area contributed by atoms with Crippen molar-refractivity contribution in [1.29, 1.82) is 0 Å². The molecule has 180 valence electrons. The maximum atomic E-state index is 12.6. The van der Waals surface area contributed by atoms with E-state index in [9.17, 15) is 4.79 Å². The molecule has 0 bridgehead atoms. The number of anilines is 1. The fourth-order valence-corrected chi connectivity index (χ4v) is 4.21. The van der Waals surface area contributed by atoms with E-state index in [0.717, 1.165) is 47.6 Å². The van der Waals surface area contributed by atoms with Crippen molar-refractivity contribution in [3.05, 3.63) is 53.7 Å². The molecule has 1 aliphatic rings. The lowest BCUT2D eigenvalue weighted by Crippen LogP contribution is -2.44. The number of rotatable bonds is 6. The van der Waals surface area contributed by atoms with Gasteiger partial charge in [0, 0.05) is 31.2 Å². The van der Waals surface area contributed by atoms with Crippen molar-refractivity contribution in [3.8, 4) is 11.3 Å². The fourth-order valence-electron chi connectivity index (χ4n) is 4.21. The monoisotopic (exact) mass is 462 g/mol. The summed E-state index contributed by atoms with van der Waals surface area (Å²) in [6, 6.07) is 6.72. The second kappa shape index (κ2) is 9.89. The van der Waals surface area contributed by atoms with E-state index in [2.05, 4.69) is 60.9 Å². The number of amides is 1. The van der Waals surface area contributed by atoms with Crippen molar-refractivity contribution in [3.63, 3.8) is 0 Å². The summed E-state index contributed by atoms with van der Waals surface area (Å²) < 4.78 is 1.70. The van der Waals surface area contributed by atoms with Crippen LogP contribution in [-0.2, 0) is 12.1 Å². The Balaban J connectivity index is 1.48. The lowest BCUT2D eigenvalue weighted by molar-refractivity contribution is 0.0945. The van der Waals surface area contributed by atoms with Crippen molar-refractivity contribution in [2.75, 3.05) is 25.0 Å². The average molecular weight is 463 g/mol. The SMILES string of the molecule is CNC1CCCN(c2cncnc2-c2ccc(CNC(=O)c3cn(C(C)(C)C)nn3)c(C)c2)C1. The van der Waals surface area contributed by atoms with Crippen LogP contribution in [0.4, 0.5) is 5.69 Å². The van der Waals surface area contributed by atoms with Gasteiger partial charge in [-0.25, -0.2) is 14.6 Å². The van der Waals surface area contributed by atoms with Crippen LogP contribution in [0.15, 0.2) is 36.9 Å². The Morgan fingerprint density at radius 1 is 1.26 bits per heavy atom. The number of carbonyl (C=O) groups excluding carboxylic acids is 1. The number of carbonyl (C=O) groups is 1. The van der Waals surface area contributed by atoms with Gasteiger partial charge in [-0.15, -0.1) is 5.10 Å². The zero-order chi connectivity index (χ0) is 24.3. The normalized spacial score (nSPS) is 16.5. The minimum absolute atomic E-state index is 0.222. The molecule has 0 aliphatic carbocycles. The summed E-state index contributed by atoms with van der Waals surface area (Å²) in [6.45, 7) is 10.5. The van der Waals surface area contributed by atoms with E-state index in [0.29, 0.717) is 18.3 Å². The zero-order valence-electron chi connectivity index (χ0n) is 20.7. The minimum Gasteiger partial charge on any atom is -0.367 e. The molecule has 1 aliphatic heterocycles. The Bertz CT molecular complexity index is 1150. The second-order valence-corrected chi connectivity index (χ2v) is 9.87. The first kappa shape index (κ1) is 23.8. The van der Waals surface area contributed by atoms with Gasteiger partial charge in [-0.05, 0) is 64.8 Å². The Morgan fingerprint density at radius 2 is 2.09 bits per heavy atom. The van der Waals surface area contributed by atoms with E-state index < -0.39 is 0 Å². The number of benzene rings is 1. The first-order valence-corrected chi connectivity index (χ1v) is 11.8. The Kier molecular flexibility index (Phi) is 6.92. The Morgan fingerprint density at radius 3 is 2.79 bits per heavy atom. The van der Waals surface area contributed by atoms with Crippen LogP contribution in [0, 0.1) is 6.92 Å². The van der Waals surface area contributed by atoms with Crippen LogP contribution in [0.5, 0.6) is 0 Å². The van der Waals surface area contributed by atoms with Gasteiger partial charge in [-0.1, -0.05) is 17.3 Å². The molecule has 34 heavy (non-hydrogen) atoms. The maximum absolute atomic E-state index is 12.6. The van der Waals surface area contributed by atoms with Crippen LogP contribution in [-0.4, -0.2) is 57.0 Å². The highest BCUT2D eigenvalue weighted by atomic mass is 16.2. The van der Waals surface area contributed by atoms with Crippen LogP contribution in [0.2, 0.25) is 0 Å². The molecule has 3 heterocycles. The van der Waals surface area contributed by atoms with Crippen molar-refractivity contribution in [2.24, 2.45) is 0 Å². The number of aromatic nitrogens is 5. The van der Waals surface area contributed by atoms with Crippen LogP contribution in [0.25, 0.3) is 11.3 Å². The zero-order valence-corrected chi connectivity index (χ0v) is 20.7. The van der Waals surface area contributed by atoms with Crippen LogP contribution >= 0.6 is 0 Å². The molecule has 1 fully saturated rings. The van der Waals surface area contributed by atoms with Gasteiger partial charge in [-0.2, -0.15) is 0 Å². The van der Waals surface area contributed by atoms with Gasteiger partial charge in [0.05, 0.1) is 29.3 Å². The second-order valence-electron chi connectivity index (χ2n) is 9.87. The molecule has 9 nitrogen and oxygen atoms in total. The molecule has 3 aromatic rings. The predicted octanol–water partition coefficient (Wildman–Crippen LogP) is 2.92. The van der Waals surface area contributed by atoms with Crippen LogP contribution in [0.3, 0.4) is 0 Å². The number of piperidine rings is 1. The van der Waals surface area contributed by atoms with Crippen molar-refractivity contribution < 1.29 is 4.79 Å². The molecule has 0 spiro atoms. The smallest absolute Gasteiger partial charge is 0.273 e. The van der Waals surface area contributed by atoms with Gasteiger partial charge in [0.1, 0.15) is 6.33 Å². The molecule has 1 amide bonds. The molecule has 2 aromatic heterocycles. The van der Waals surface area contributed by atoms with Crippen LogP contribution < -0.4 is 15.5 Å². The molecule has 1 saturated heterocycles. The summed E-state index contributed by atoms with van der Waals surface area (Å²) in [7, 11) is 2.02. The molecule has 1 unspecified atom stereocenters. The number of likely N-dealkylation sites (N-methyl/N-ethyl adjacent to an activating group) is 1. The lowest BCUT2D eigenvalue weighted by Gasteiger charge is -2.34. The highest BCUT2D eigenvalue weighted by molar-refractivity contribution is 5.91. The standard InChI is InChI=1S/C25H34N8O/c1-17-11-18(23-22(13-27-16-29-23)32-10-6-7-20(14-32)26-5)8-9-19(17)12-28-24(34)21-15-33(31-30-21)25(2,3)4/h8-9,11,13,15-16,20,26H,6-7,10,12,14H2,1-5H3,(H,28,34). The number of nitrogens with zero attached hydrogens (tertiary/aromatic N) is 6. The molecule has 9 heteroatoms. The summed E-state index contributed by atoms with van der Waals surface area (Å²) in [5, 5.41) is 14.4. The summed E-state index contributed by atoms with van der Waals surface area (Å²) >= 11 is 0. The van der Waals surface area contributed by atoms with Gasteiger partial charge in [0.2, 0.25) is 0 Å². The maximum Gasteiger partial charge on any atom is 0.273 e. The molecular weight excluding hydrogens is 428 g/mol. The van der Waals surface area contributed by atoms with E-state index in [4.69, 9.17) is 0 Å². The molecule has 2 N–H and O–H groups in total.